The lowest BCUT2D eigenvalue weighted by atomic mass is 10.3. The Kier molecular flexibility index (Phi) is 5.45. The molecule has 1 aromatic carbocycles. The Bertz CT molecular complexity index is 923. The van der Waals surface area contributed by atoms with Crippen LogP contribution in [0.25, 0.3) is 0 Å². The molecule has 0 spiro atoms. The molecule has 0 saturated heterocycles. The van der Waals surface area contributed by atoms with Gasteiger partial charge in [0, 0.05) is 29.7 Å². The zero-order valence-electron chi connectivity index (χ0n) is 13.0. The maximum absolute atomic E-state index is 12.3. The minimum Gasteiger partial charge on any atom is -0.478 e. The number of hydrogen-bond donors (Lipinski definition) is 3. The van der Waals surface area contributed by atoms with Crippen LogP contribution in [0.5, 0.6) is 0 Å². The molecule has 9 nitrogen and oxygen atoms in total. The van der Waals surface area contributed by atoms with E-state index in [-0.39, 0.29) is 10.8 Å². The number of nitrogens with zero attached hydrogens (tertiary/aromatic N) is 2. The van der Waals surface area contributed by atoms with E-state index in [1.807, 2.05) is 0 Å². The standard InChI is InChI=1S/C15H14N4O5S/c1-10-8-9-16-15(17-10)19-25(23,24)12-4-2-11(3-5-12)18-13(20)6-7-14(21)22/h2-9H,1H3,(H,18,20)(H,21,22)(H,16,17,19)/b7-6+. The van der Waals surface area contributed by atoms with Gasteiger partial charge in [-0.25, -0.2) is 27.9 Å². The van der Waals surface area contributed by atoms with Gasteiger partial charge in [-0.2, -0.15) is 0 Å². The first kappa shape index (κ1) is 18.1. The number of hydrogen-bond acceptors (Lipinski definition) is 6. The number of benzene rings is 1. The van der Waals surface area contributed by atoms with Gasteiger partial charge in [0.1, 0.15) is 0 Å². The van der Waals surface area contributed by atoms with Gasteiger partial charge >= 0.3 is 5.97 Å². The van der Waals surface area contributed by atoms with Crippen LogP contribution in [0.15, 0.2) is 53.6 Å². The third kappa shape index (κ3) is 5.39. The summed E-state index contributed by atoms with van der Waals surface area (Å²) in [5, 5.41) is 10.8. The van der Waals surface area contributed by atoms with E-state index in [4.69, 9.17) is 5.11 Å². The number of carbonyl (C=O) groups excluding carboxylic acids is 1. The summed E-state index contributed by atoms with van der Waals surface area (Å²) in [5.74, 6) is -1.94. The third-order valence-corrected chi connectivity index (χ3v) is 4.17. The molecule has 1 aromatic heterocycles. The molecule has 0 saturated carbocycles. The molecule has 2 rings (SSSR count). The summed E-state index contributed by atoms with van der Waals surface area (Å²) in [5.41, 5.74) is 0.922. The predicted molar refractivity (Wildman–Crippen MR) is 89.4 cm³/mol. The van der Waals surface area contributed by atoms with Gasteiger partial charge in [-0.1, -0.05) is 0 Å². The maximum atomic E-state index is 12.3. The number of aromatic nitrogens is 2. The summed E-state index contributed by atoms with van der Waals surface area (Å²) in [6, 6.07) is 6.95. The Morgan fingerprint density at radius 1 is 1.12 bits per heavy atom. The quantitative estimate of drug-likeness (QED) is 0.655. The molecule has 0 aliphatic heterocycles. The van der Waals surface area contributed by atoms with Crippen molar-refractivity contribution in [3.8, 4) is 0 Å². The second kappa shape index (κ2) is 7.53. The van der Waals surface area contributed by atoms with Crippen LogP contribution in [0, 0.1) is 6.92 Å². The number of carboxylic acids is 1. The zero-order chi connectivity index (χ0) is 18.4. The second-order valence-electron chi connectivity index (χ2n) is 4.81. The Labute approximate surface area is 143 Å². The Hall–Kier alpha value is -3.27. The van der Waals surface area contributed by atoms with E-state index in [2.05, 4.69) is 20.0 Å². The molecule has 1 amide bonds. The molecule has 130 valence electrons. The van der Waals surface area contributed by atoms with Crippen molar-refractivity contribution in [1.82, 2.24) is 9.97 Å². The number of carboxylic acid groups (broad SMARTS) is 1. The first-order chi connectivity index (χ1) is 11.8. The van der Waals surface area contributed by atoms with Crippen LogP contribution in [0.1, 0.15) is 5.69 Å². The molecule has 10 heteroatoms. The highest BCUT2D eigenvalue weighted by Crippen LogP contribution is 2.16. The molecule has 1 heterocycles. The summed E-state index contributed by atoms with van der Waals surface area (Å²) in [6.07, 6.45) is 2.98. The fraction of sp³-hybridized carbons (Fsp3) is 0.0667. The van der Waals surface area contributed by atoms with E-state index in [9.17, 15) is 18.0 Å². The molecule has 0 radical (unpaired) electrons. The fourth-order valence-electron chi connectivity index (χ4n) is 1.73. The normalized spacial score (nSPS) is 11.2. The molecule has 0 unspecified atom stereocenters. The molecule has 0 bridgehead atoms. The fourth-order valence-corrected chi connectivity index (χ4v) is 2.68. The van der Waals surface area contributed by atoms with Gasteiger partial charge in [-0.15, -0.1) is 0 Å². The lowest BCUT2D eigenvalue weighted by Gasteiger charge is -2.08. The average molecular weight is 362 g/mol. The zero-order valence-corrected chi connectivity index (χ0v) is 13.8. The highest BCUT2D eigenvalue weighted by molar-refractivity contribution is 7.92. The van der Waals surface area contributed by atoms with Crippen molar-refractivity contribution in [3.05, 3.63) is 54.4 Å². The van der Waals surface area contributed by atoms with E-state index in [1.54, 1.807) is 13.0 Å². The van der Waals surface area contributed by atoms with E-state index in [0.29, 0.717) is 17.5 Å². The first-order valence-corrected chi connectivity index (χ1v) is 8.39. The van der Waals surface area contributed by atoms with Crippen LogP contribution < -0.4 is 10.0 Å². The maximum Gasteiger partial charge on any atom is 0.328 e. The largest absolute Gasteiger partial charge is 0.478 e. The summed E-state index contributed by atoms with van der Waals surface area (Å²) >= 11 is 0. The van der Waals surface area contributed by atoms with Gasteiger partial charge in [-0.3, -0.25) is 4.79 Å². The van der Waals surface area contributed by atoms with Crippen LogP contribution in [0.3, 0.4) is 0 Å². The SMILES string of the molecule is Cc1ccnc(NS(=O)(=O)c2ccc(NC(=O)/C=C/C(=O)O)cc2)n1. The van der Waals surface area contributed by atoms with Crippen LogP contribution in [-0.2, 0) is 19.6 Å². The van der Waals surface area contributed by atoms with E-state index < -0.39 is 21.9 Å². The van der Waals surface area contributed by atoms with E-state index in [0.717, 1.165) is 6.08 Å². The number of nitrogens with one attached hydrogen (secondary N) is 2. The molecule has 0 aliphatic rings. The van der Waals surface area contributed by atoms with Crippen molar-refractivity contribution in [2.45, 2.75) is 11.8 Å². The third-order valence-electron chi connectivity index (χ3n) is 2.83. The lowest BCUT2D eigenvalue weighted by Crippen LogP contribution is -2.15. The van der Waals surface area contributed by atoms with Crippen LogP contribution in [0.2, 0.25) is 0 Å². The molecular formula is C15H14N4O5S. The van der Waals surface area contributed by atoms with Crippen molar-refractivity contribution < 1.29 is 23.1 Å². The second-order valence-corrected chi connectivity index (χ2v) is 6.49. The number of rotatable bonds is 6. The number of aryl methyl sites for hydroxylation is 1. The molecular weight excluding hydrogens is 348 g/mol. The van der Waals surface area contributed by atoms with Crippen molar-refractivity contribution in [3.63, 3.8) is 0 Å². The van der Waals surface area contributed by atoms with Gasteiger partial charge in [0.15, 0.2) is 0 Å². The highest BCUT2D eigenvalue weighted by atomic mass is 32.2. The summed E-state index contributed by atoms with van der Waals surface area (Å²) in [4.78, 5) is 29.5. The van der Waals surface area contributed by atoms with Crippen LogP contribution in [0.4, 0.5) is 11.6 Å². The average Bonchev–Trinajstić information content (AvgIpc) is 2.53. The Morgan fingerprint density at radius 2 is 1.80 bits per heavy atom. The van der Waals surface area contributed by atoms with Crippen molar-refractivity contribution >= 4 is 33.5 Å². The van der Waals surface area contributed by atoms with Gasteiger partial charge in [0.05, 0.1) is 4.90 Å². The number of carbonyl (C=O) groups is 2. The number of anilines is 2. The van der Waals surface area contributed by atoms with Gasteiger partial charge in [0.25, 0.3) is 10.0 Å². The number of aliphatic carboxylic acids is 1. The monoisotopic (exact) mass is 362 g/mol. The summed E-state index contributed by atoms with van der Waals surface area (Å²) in [7, 11) is -3.88. The summed E-state index contributed by atoms with van der Waals surface area (Å²) < 4.78 is 26.8. The van der Waals surface area contributed by atoms with Crippen LogP contribution >= 0.6 is 0 Å². The Balaban J connectivity index is 2.10. The van der Waals surface area contributed by atoms with Crippen molar-refractivity contribution in [1.29, 1.82) is 0 Å². The molecule has 2 aromatic rings. The van der Waals surface area contributed by atoms with Crippen molar-refractivity contribution in [2.75, 3.05) is 10.0 Å². The highest BCUT2D eigenvalue weighted by Gasteiger charge is 2.15. The Morgan fingerprint density at radius 3 is 2.40 bits per heavy atom. The topological polar surface area (TPSA) is 138 Å². The smallest absolute Gasteiger partial charge is 0.328 e. The minimum absolute atomic E-state index is 0.0447. The van der Waals surface area contributed by atoms with Gasteiger partial charge < -0.3 is 10.4 Å². The van der Waals surface area contributed by atoms with Crippen LogP contribution in [-0.4, -0.2) is 35.4 Å². The lowest BCUT2D eigenvalue weighted by molar-refractivity contribution is -0.131. The summed E-state index contributed by atoms with van der Waals surface area (Å²) in [6.45, 7) is 1.70. The van der Waals surface area contributed by atoms with Gasteiger partial charge in [-0.05, 0) is 37.3 Å². The van der Waals surface area contributed by atoms with E-state index >= 15 is 0 Å². The molecule has 3 N–H and O–H groups in total. The first-order valence-electron chi connectivity index (χ1n) is 6.91. The molecule has 0 aliphatic carbocycles. The molecule has 25 heavy (non-hydrogen) atoms. The van der Waals surface area contributed by atoms with E-state index in [1.165, 1.54) is 30.5 Å². The number of amides is 1. The number of sulfonamides is 1. The minimum atomic E-state index is -3.88. The van der Waals surface area contributed by atoms with Gasteiger partial charge in [0.2, 0.25) is 11.9 Å². The predicted octanol–water partition coefficient (Wildman–Crippen LogP) is 1.17. The van der Waals surface area contributed by atoms with Crippen molar-refractivity contribution in [2.24, 2.45) is 0 Å². The molecule has 0 atom stereocenters. The molecule has 0 fully saturated rings.